The maximum atomic E-state index is 12.7. The Morgan fingerprint density at radius 2 is 1.80 bits per heavy atom. The molecule has 9 nitrogen and oxygen atoms in total. The van der Waals surface area contributed by atoms with Crippen molar-refractivity contribution in [1.29, 1.82) is 0 Å². The Kier molecular flexibility index (Phi) is 7.33. The van der Waals surface area contributed by atoms with Crippen LogP contribution in [0.15, 0.2) is 23.2 Å². The number of piperazine rings is 1. The molecular weight excluding hydrogens is 406 g/mol. The van der Waals surface area contributed by atoms with Gasteiger partial charge in [-0.1, -0.05) is 6.92 Å². The zero-order valence-electron chi connectivity index (χ0n) is 18.1. The number of pyridine rings is 1. The lowest BCUT2D eigenvalue weighted by Crippen LogP contribution is -2.52. The van der Waals surface area contributed by atoms with E-state index in [9.17, 15) is 13.2 Å². The number of hydrogen-bond acceptors (Lipinski definition) is 7. The fraction of sp³-hybridized carbons (Fsp3) is 0.700. The van der Waals surface area contributed by atoms with E-state index < -0.39 is 10.0 Å². The highest BCUT2D eigenvalue weighted by Crippen LogP contribution is 2.20. The highest BCUT2D eigenvalue weighted by molar-refractivity contribution is 7.89. The lowest BCUT2D eigenvalue weighted by molar-refractivity contribution is -0.123. The van der Waals surface area contributed by atoms with Gasteiger partial charge in [-0.2, -0.15) is 4.31 Å². The van der Waals surface area contributed by atoms with Crippen molar-refractivity contribution < 1.29 is 17.9 Å². The molecule has 0 radical (unpaired) electrons. The van der Waals surface area contributed by atoms with Gasteiger partial charge in [-0.25, -0.2) is 13.4 Å². The van der Waals surface area contributed by atoms with Gasteiger partial charge >= 0.3 is 0 Å². The first-order valence-electron chi connectivity index (χ1n) is 10.5. The number of sulfonamides is 1. The molecule has 1 amide bonds. The third kappa shape index (κ3) is 5.69. The third-order valence-electron chi connectivity index (χ3n) is 5.75. The molecule has 1 N–H and O–H groups in total. The Balaban J connectivity index is 1.53. The van der Waals surface area contributed by atoms with Gasteiger partial charge in [-0.3, -0.25) is 9.69 Å². The van der Waals surface area contributed by atoms with Crippen LogP contribution >= 0.6 is 0 Å². The summed E-state index contributed by atoms with van der Waals surface area (Å²) in [6.45, 7) is 11.1. The Morgan fingerprint density at radius 1 is 1.13 bits per heavy atom. The van der Waals surface area contributed by atoms with Crippen LogP contribution in [-0.4, -0.2) is 93.1 Å². The molecule has 0 atom stereocenters. The van der Waals surface area contributed by atoms with Gasteiger partial charge in [0.15, 0.2) is 0 Å². The van der Waals surface area contributed by atoms with Crippen LogP contribution in [0.25, 0.3) is 0 Å². The molecule has 2 saturated heterocycles. The Hall–Kier alpha value is -1.75. The quantitative estimate of drug-likeness (QED) is 0.662. The first-order chi connectivity index (χ1) is 14.2. The van der Waals surface area contributed by atoms with Crippen molar-refractivity contribution in [2.45, 2.75) is 37.6 Å². The van der Waals surface area contributed by atoms with E-state index in [4.69, 9.17) is 4.74 Å². The molecule has 0 aliphatic carbocycles. The number of nitrogens with one attached hydrogen (secondary N) is 1. The molecule has 3 rings (SSSR count). The summed E-state index contributed by atoms with van der Waals surface area (Å²) < 4.78 is 32.1. The van der Waals surface area contributed by atoms with Gasteiger partial charge in [0.05, 0.1) is 19.8 Å². The molecule has 2 fully saturated rings. The highest BCUT2D eigenvalue weighted by atomic mass is 32.2. The van der Waals surface area contributed by atoms with Gasteiger partial charge in [0, 0.05) is 51.0 Å². The second kappa shape index (κ2) is 9.59. The monoisotopic (exact) mass is 439 g/mol. The number of ether oxygens (including phenoxy) is 1. The number of nitrogens with zero attached hydrogens (tertiary/aromatic N) is 4. The van der Waals surface area contributed by atoms with Crippen LogP contribution in [0, 0.1) is 0 Å². The zero-order valence-corrected chi connectivity index (χ0v) is 18.9. The molecule has 0 bridgehead atoms. The van der Waals surface area contributed by atoms with Crippen LogP contribution in [0.5, 0.6) is 0 Å². The average Bonchev–Trinajstić information content (AvgIpc) is 2.74. The minimum atomic E-state index is -3.53. The van der Waals surface area contributed by atoms with E-state index in [-0.39, 0.29) is 16.3 Å². The van der Waals surface area contributed by atoms with Crippen LogP contribution in [0.4, 0.5) is 5.82 Å². The number of rotatable bonds is 7. The lowest BCUT2D eigenvalue weighted by Gasteiger charge is -2.35. The van der Waals surface area contributed by atoms with E-state index in [1.54, 1.807) is 12.1 Å². The minimum absolute atomic E-state index is 0.0473. The fourth-order valence-corrected chi connectivity index (χ4v) is 4.85. The van der Waals surface area contributed by atoms with Gasteiger partial charge in [0.1, 0.15) is 10.7 Å². The Labute approximate surface area is 179 Å². The normalized spacial score (nSPS) is 19.6. The second-order valence-corrected chi connectivity index (χ2v) is 10.4. The van der Waals surface area contributed by atoms with Crippen molar-refractivity contribution in [2.24, 2.45) is 0 Å². The van der Waals surface area contributed by atoms with E-state index in [0.29, 0.717) is 32.8 Å². The number of morpholine rings is 1. The Morgan fingerprint density at radius 3 is 2.37 bits per heavy atom. The van der Waals surface area contributed by atoms with Crippen molar-refractivity contribution in [1.82, 2.24) is 19.5 Å². The lowest BCUT2D eigenvalue weighted by atomic mass is 10.0. The van der Waals surface area contributed by atoms with E-state index in [1.807, 2.05) is 13.8 Å². The van der Waals surface area contributed by atoms with Crippen LogP contribution in [-0.2, 0) is 19.6 Å². The molecule has 0 unspecified atom stereocenters. The predicted molar refractivity (Wildman–Crippen MR) is 115 cm³/mol. The van der Waals surface area contributed by atoms with Gasteiger partial charge < -0.3 is 15.0 Å². The van der Waals surface area contributed by atoms with E-state index in [1.165, 1.54) is 10.5 Å². The summed E-state index contributed by atoms with van der Waals surface area (Å²) in [6, 6.07) is 3.39. The largest absolute Gasteiger partial charge is 0.379 e. The van der Waals surface area contributed by atoms with Crippen molar-refractivity contribution in [3.05, 3.63) is 18.3 Å². The number of aromatic nitrogens is 1. The van der Waals surface area contributed by atoms with Crippen molar-refractivity contribution in [3.8, 4) is 0 Å². The first-order valence-corrected chi connectivity index (χ1v) is 12.0. The molecule has 2 aliphatic heterocycles. The molecule has 10 heteroatoms. The summed E-state index contributed by atoms with van der Waals surface area (Å²) >= 11 is 0. The van der Waals surface area contributed by atoms with Crippen LogP contribution in [0.3, 0.4) is 0 Å². The average molecular weight is 440 g/mol. The first kappa shape index (κ1) is 22.9. The SMILES string of the molecule is CCC(C)(C)NC(=O)CN1CCN(c2ccc(S(=O)(=O)N3CCOCC3)cn2)CC1. The van der Waals surface area contributed by atoms with Crippen LogP contribution in [0.2, 0.25) is 0 Å². The van der Waals surface area contributed by atoms with Crippen molar-refractivity contribution >= 4 is 21.7 Å². The molecule has 2 aliphatic rings. The van der Waals surface area contributed by atoms with Crippen molar-refractivity contribution in [2.75, 3.05) is 63.9 Å². The maximum Gasteiger partial charge on any atom is 0.244 e. The van der Waals surface area contributed by atoms with Gasteiger partial charge in [-0.15, -0.1) is 0 Å². The van der Waals surface area contributed by atoms with Gasteiger partial charge in [0.2, 0.25) is 15.9 Å². The fourth-order valence-electron chi connectivity index (χ4n) is 3.49. The molecular formula is C20H33N5O4S. The molecule has 0 spiro atoms. The summed E-state index contributed by atoms with van der Waals surface area (Å²) in [5, 5.41) is 3.07. The van der Waals surface area contributed by atoms with Gasteiger partial charge in [-0.05, 0) is 32.4 Å². The van der Waals surface area contributed by atoms with Crippen LogP contribution in [0.1, 0.15) is 27.2 Å². The standard InChI is InChI=1S/C20H33N5O4S/c1-4-20(2,3)22-19(26)16-23-7-9-24(10-8-23)18-6-5-17(15-21-18)30(27,28)25-11-13-29-14-12-25/h5-6,15H,4,7-14,16H2,1-3H3,(H,22,26). The number of carbonyl (C=O) groups is 1. The second-order valence-electron chi connectivity index (χ2n) is 8.42. The highest BCUT2D eigenvalue weighted by Gasteiger charge is 2.27. The summed E-state index contributed by atoms with van der Waals surface area (Å²) in [6.07, 6.45) is 2.32. The smallest absolute Gasteiger partial charge is 0.244 e. The molecule has 1 aromatic rings. The summed E-state index contributed by atoms with van der Waals surface area (Å²) in [7, 11) is -3.53. The molecule has 0 saturated carbocycles. The summed E-state index contributed by atoms with van der Waals surface area (Å²) in [5.74, 6) is 0.804. The molecule has 3 heterocycles. The van der Waals surface area contributed by atoms with Gasteiger partial charge in [0.25, 0.3) is 0 Å². The number of amides is 1. The predicted octanol–water partition coefficient (Wildman–Crippen LogP) is 0.529. The van der Waals surface area contributed by atoms with E-state index >= 15 is 0 Å². The molecule has 1 aromatic heterocycles. The number of hydrogen-bond donors (Lipinski definition) is 1. The van der Waals surface area contributed by atoms with E-state index in [2.05, 4.69) is 27.0 Å². The molecule has 168 valence electrons. The topological polar surface area (TPSA) is 95.1 Å². The molecule has 30 heavy (non-hydrogen) atoms. The minimum Gasteiger partial charge on any atom is -0.379 e. The third-order valence-corrected chi connectivity index (χ3v) is 7.64. The maximum absolute atomic E-state index is 12.7. The zero-order chi connectivity index (χ0) is 21.8. The Bertz CT molecular complexity index is 814. The molecule has 0 aromatic carbocycles. The number of carbonyl (C=O) groups excluding carboxylic acids is 1. The van der Waals surface area contributed by atoms with Crippen molar-refractivity contribution in [3.63, 3.8) is 0 Å². The van der Waals surface area contributed by atoms with E-state index in [0.717, 1.165) is 38.4 Å². The number of anilines is 1. The van der Waals surface area contributed by atoms with Crippen LogP contribution < -0.4 is 10.2 Å². The summed E-state index contributed by atoms with van der Waals surface area (Å²) in [4.78, 5) is 21.1. The summed E-state index contributed by atoms with van der Waals surface area (Å²) in [5.41, 5.74) is -0.188.